The highest BCUT2D eigenvalue weighted by molar-refractivity contribution is 7.12. The van der Waals surface area contributed by atoms with Crippen LogP contribution >= 0.6 is 11.3 Å². The van der Waals surface area contributed by atoms with Gasteiger partial charge >= 0.3 is 0 Å². The molecule has 0 saturated heterocycles. The molecule has 2 rings (SSSR count). The average molecular weight is 302 g/mol. The van der Waals surface area contributed by atoms with Crippen molar-refractivity contribution in [1.29, 1.82) is 0 Å². The summed E-state index contributed by atoms with van der Waals surface area (Å²) in [5, 5.41) is 3.16. The van der Waals surface area contributed by atoms with Gasteiger partial charge in [-0.3, -0.25) is 4.79 Å². The van der Waals surface area contributed by atoms with Gasteiger partial charge in [-0.1, -0.05) is 30.3 Å². The van der Waals surface area contributed by atoms with Crippen molar-refractivity contribution in [1.82, 2.24) is 10.2 Å². The number of carbonyl (C=O) groups excluding carboxylic acids is 1. The number of amides is 1. The van der Waals surface area contributed by atoms with E-state index in [2.05, 4.69) is 22.3 Å². The molecule has 4 heteroatoms. The number of likely N-dealkylation sites (N-methyl/N-ethyl adjacent to an activating group) is 1. The van der Waals surface area contributed by atoms with Crippen LogP contribution in [0.4, 0.5) is 0 Å². The number of nitrogens with one attached hydrogen (secondary N) is 1. The van der Waals surface area contributed by atoms with Crippen LogP contribution in [0, 0.1) is 13.8 Å². The van der Waals surface area contributed by atoms with E-state index in [1.165, 1.54) is 4.88 Å². The number of hydrogen-bond acceptors (Lipinski definition) is 3. The van der Waals surface area contributed by atoms with Crippen LogP contribution in [0.2, 0.25) is 0 Å². The van der Waals surface area contributed by atoms with Gasteiger partial charge in [0.25, 0.3) is 5.91 Å². The third-order valence-corrected chi connectivity index (χ3v) is 4.31. The van der Waals surface area contributed by atoms with Gasteiger partial charge in [-0.2, -0.15) is 0 Å². The second kappa shape index (κ2) is 6.87. The fourth-order valence-electron chi connectivity index (χ4n) is 2.38. The quantitative estimate of drug-likeness (QED) is 0.918. The fourth-order valence-corrected chi connectivity index (χ4v) is 3.30. The van der Waals surface area contributed by atoms with Gasteiger partial charge in [0.15, 0.2) is 0 Å². The van der Waals surface area contributed by atoms with E-state index in [-0.39, 0.29) is 11.9 Å². The average Bonchev–Trinajstić information content (AvgIpc) is 2.77. The third kappa shape index (κ3) is 4.16. The number of carbonyl (C=O) groups is 1. The van der Waals surface area contributed by atoms with E-state index < -0.39 is 0 Å². The van der Waals surface area contributed by atoms with Crippen LogP contribution in [-0.2, 0) is 0 Å². The summed E-state index contributed by atoms with van der Waals surface area (Å²) < 4.78 is 0. The summed E-state index contributed by atoms with van der Waals surface area (Å²) in [6.07, 6.45) is 0. The molecule has 0 spiro atoms. The van der Waals surface area contributed by atoms with E-state index in [4.69, 9.17) is 0 Å². The molecule has 1 atom stereocenters. The van der Waals surface area contributed by atoms with Gasteiger partial charge in [-0.15, -0.1) is 11.3 Å². The maximum Gasteiger partial charge on any atom is 0.252 e. The Kier molecular flexibility index (Phi) is 5.15. The summed E-state index contributed by atoms with van der Waals surface area (Å²) in [6, 6.07) is 12.1. The van der Waals surface area contributed by atoms with E-state index >= 15 is 0 Å². The zero-order valence-corrected chi connectivity index (χ0v) is 13.8. The third-order valence-electron chi connectivity index (χ3n) is 3.34. The largest absolute Gasteiger partial charge is 0.344 e. The molecule has 1 heterocycles. The summed E-state index contributed by atoms with van der Waals surface area (Å²) in [4.78, 5) is 16.8. The maximum absolute atomic E-state index is 12.5. The Balaban J connectivity index is 2.19. The van der Waals surface area contributed by atoms with Crippen LogP contribution in [0.15, 0.2) is 36.4 Å². The van der Waals surface area contributed by atoms with E-state index in [0.29, 0.717) is 0 Å². The summed E-state index contributed by atoms with van der Waals surface area (Å²) in [7, 11) is 4.03. The lowest BCUT2D eigenvalue weighted by molar-refractivity contribution is 0.0930. The Hall–Kier alpha value is -1.65. The molecule has 21 heavy (non-hydrogen) atoms. The summed E-state index contributed by atoms with van der Waals surface area (Å²) in [6.45, 7) is 4.80. The van der Waals surface area contributed by atoms with Crippen LogP contribution in [0.1, 0.15) is 31.7 Å². The molecular formula is C17H22N2OS. The van der Waals surface area contributed by atoms with Crippen molar-refractivity contribution in [2.75, 3.05) is 20.6 Å². The molecule has 1 aromatic carbocycles. The van der Waals surface area contributed by atoms with Crippen molar-refractivity contribution in [2.24, 2.45) is 0 Å². The molecule has 1 aromatic heterocycles. The minimum absolute atomic E-state index is 0.00620. The molecule has 0 saturated carbocycles. The topological polar surface area (TPSA) is 32.3 Å². The Morgan fingerprint density at radius 2 is 1.90 bits per heavy atom. The summed E-state index contributed by atoms with van der Waals surface area (Å²) >= 11 is 1.66. The first-order chi connectivity index (χ1) is 9.97. The molecule has 3 nitrogen and oxygen atoms in total. The van der Waals surface area contributed by atoms with Crippen molar-refractivity contribution >= 4 is 17.2 Å². The number of thiophene rings is 1. The van der Waals surface area contributed by atoms with Gasteiger partial charge in [-0.25, -0.2) is 0 Å². The maximum atomic E-state index is 12.5. The molecule has 0 aliphatic rings. The van der Waals surface area contributed by atoms with Crippen molar-refractivity contribution in [3.8, 4) is 0 Å². The predicted molar refractivity (Wildman–Crippen MR) is 89.0 cm³/mol. The van der Waals surface area contributed by atoms with E-state index in [1.807, 2.05) is 52.2 Å². The van der Waals surface area contributed by atoms with E-state index in [9.17, 15) is 4.79 Å². The van der Waals surface area contributed by atoms with Crippen molar-refractivity contribution in [3.63, 3.8) is 0 Å². The molecule has 1 amide bonds. The first-order valence-electron chi connectivity index (χ1n) is 7.05. The van der Waals surface area contributed by atoms with Crippen LogP contribution < -0.4 is 5.32 Å². The van der Waals surface area contributed by atoms with Gasteiger partial charge in [-0.05, 0) is 39.6 Å². The van der Waals surface area contributed by atoms with Crippen molar-refractivity contribution in [3.05, 3.63) is 57.3 Å². The fraction of sp³-hybridized carbons (Fsp3) is 0.353. The Morgan fingerprint density at radius 3 is 2.43 bits per heavy atom. The highest BCUT2D eigenvalue weighted by Gasteiger charge is 2.18. The molecule has 112 valence electrons. The molecule has 2 aromatic rings. The van der Waals surface area contributed by atoms with E-state index in [0.717, 1.165) is 22.5 Å². The standard InChI is InChI=1S/C17H22N2OS/c1-12-10-15(13(2)21-12)17(20)18-16(11-19(3)4)14-8-6-5-7-9-14/h5-10,16H,11H2,1-4H3,(H,18,20)/t16-/m1/s1. The highest BCUT2D eigenvalue weighted by Crippen LogP contribution is 2.22. The van der Waals surface area contributed by atoms with Crippen LogP contribution in [0.3, 0.4) is 0 Å². The Bertz CT molecular complexity index is 605. The monoisotopic (exact) mass is 302 g/mol. The molecule has 0 bridgehead atoms. The second-order valence-corrected chi connectivity index (χ2v) is 6.99. The number of rotatable bonds is 5. The van der Waals surface area contributed by atoms with Crippen molar-refractivity contribution < 1.29 is 4.79 Å². The lowest BCUT2D eigenvalue weighted by atomic mass is 10.1. The SMILES string of the molecule is Cc1cc(C(=O)N[C@H](CN(C)C)c2ccccc2)c(C)s1. The van der Waals surface area contributed by atoms with Crippen LogP contribution in [-0.4, -0.2) is 31.4 Å². The molecule has 0 aliphatic heterocycles. The second-order valence-electron chi connectivity index (χ2n) is 5.53. The lowest BCUT2D eigenvalue weighted by Crippen LogP contribution is -2.35. The Morgan fingerprint density at radius 1 is 1.24 bits per heavy atom. The predicted octanol–water partition coefficient (Wildman–Crippen LogP) is 3.40. The molecule has 0 unspecified atom stereocenters. The number of hydrogen-bond donors (Lipinski definition) is 1. The van der Waals surface area contributed by atoms with Gasteiger partial charge in [0, 0.05) is 16.3 Å². The molecule has 1 N–H and O–H groups in total. The molecule has 0 aliphatic carbocycles. The minimum atomic E-state index is -0.00620. The smallest absolute Gasteiger partial charge is 0.252 e. The summed E-state index contributed by atoms with van der Waals surface area (Å²) in [5.74, 6) is 0.00699. The highest BCUT2D eigenvalue weighted by atomic mass is 32.1. The first-order valence-corrected chi connectivity index (χ1v) is 7.86. The van der Waals surface area contributed by atoms with Crippen molar-refractivity contribution in [2.45, 2.75) is 19.9 Å². The first kappa shape index (κ1) is 15.7. The van der Waals surface area contributed by atoms with Gasteiger partial charge in [0.05, 0.1) is 11.6 Å². The minimum Gasteiger partial charge on any atom is -0.344 e. The number of nitrogens with zero attached hydrogens (tertiary/aromatic N) is 1. The van der Waals surface area contributed by atoms with Crippen LogP contribution in [0.5, 0.6) is 0 Å². The molecule has 0 radical (unpaired) electrons. The summed E-state index contributed by atoms with van der Waals surface area (Å²) in [5.41, 5.74) is 1.92. The van der Waals surface area contributed by atoms with Crippen LogP contribution in [0.25, 0.3) is 0 Å². The lowest BCUT2D eigenvalue weighted by Gasteiger charge is -2.23. The van der Waals surface area contributed by atoms with Gasteiger partial charge in [0.2, 0.25) is 0 Å². The van der Waals surface area contributed by atoms with Gasteiger partial charge in [0.1, 0.15) is 0 Å². The zero-order chi connectivity index (χ0) is 15.4. The Labute approximate surface area is 130 Å². The number of aryl methyl sites for hydroxylation is 2. The van der Waals surface area contributed by atoms with E-state index in [1.54, 1.807) is 11.3 Å². The number of benzene rings is 1. The zero-order valence-electron chi connectivity index (χ0n) is 13.0. The van der Waals surface area contributed by atoms with Gasteiger partial charge < -0.3 is 10.2 Å². The molecule has 0 fully saturated rings. The normalized spacial score (nSPS) is 12.4. The molecular weight excluding hydrogens is 280 g/mol.